The highest BCUT2D eigenvalue weighted by Gasteiger charge is 2.55. The number of rotatable bonds is 6. The molecule has 5 aromatic rings. The summed E-state index contributed by atoms with van der Waals surface area (Å²) in [4.78, 5) is 69.6. The van der Waals surface area contributed by atoms with E-state index in [1.165, 1.54) is 0 Å². The van der Waals surface area contributed by atoms with E-state index in [9.17, 15) is 101 Å². The summed E-state index contributed by atoms with van der Waals surface area (Å²) in [7, 11) is 0. The molecule has 0 spiro atoms. The second-order valence-electron chi connectivity index (χ2n) is 14.3. The van der Waals surface area contributed by atoms with E-state index in [1.807, 2.05) is 0 Å². The minimum atomic E-state index is -2.60. The van der Waals surface area contributed by atoms with Crippen molar-refractivity contribution in [2.75, 3.05) is 6.61 Å². The monoisotopic (exact) mass is 938 g/mol. The molecule has 0 aliphatic carbocycles. The number of carbonyl (C=O) groups excluding carboxylic acids is 5. The standard InChI is InChI=1S/C41H30O26/c42-16-1-10(2-17(43)27(16)51)36(57)64-33-23-9-62-39(60)14-8-22(48)30(54)31(55)24(14)13-7-15(26(50)32(56)25(13)49)40(61)67-41(63-23)35(66-38(59)12-5-20(46)29(53)21(47)6-12)34(33)65-37(58)11-3-18(44)28(52)19(45)4-11/h1-8,23,33-35,41-56H,9H2. The van der Waals surface area contributed by atoms with Gasteiger partial charge in [-0.3, -0.25) is 0 Å². The highest BCUT2D eigenvalue weighted by atomic mass is 16.7. The molecule has 1 saturated heterocycles. The second-order valence-corrected chi connectivity index (χ2v) is 14.3. The van der Waals surface area contributed by atoms with Gasteiger partial charge in [0.15, 0.2) is 87.0 Å². The molecule has 4 bridgehead atoms. The summed E-state index contributed by atoms with van der Waals surface area (Å²) < 4.78 is 33.4. The molecule has 2 aliphatic rings. The van der Waals surface area contributed by atoms with Crippen molar-refractivity contribution in [1.82, 2.24) is 0 Å². The lowest BCUT2D eigenvalue weighted by molar-refractivity contribution is -0.282. The molecule has 5 unspecified atom stereocenters. The van der Waals surface area contributed by atoms with Gasteiger partial charge in [-0.15, -0.1) is 0 Å². The van der Waals surface area contributed by atoms with E-state index < -0.39 is 192 Å². The van der Waals surface area contributed by atoms with Gasteiger partial charge >= 0.3 is 29.8 Å². The molecule has 26 heteroatoms. The maximum Gasteiger partial charge on any atom is 0.344 e. The van der Waals surface area contributed by atoms with Crippen LogP contribution in [-0.2, 0) is 28.4 Å². The molecule has 0 radical (unpaired) electrons. The summed E-state index contributed by atoms with van der Waals surface area (Å²) in [5.41, 5.74) is -6.49. The Hall–Kier alpha value is -9.59. The SMILES string of the molecule is O=C(OC1C2COC(=O)c3cc(O)c(O)c(O)c3-c3cc(c(O)c(O)c3O)C(=O)OC(O2)C(OC(=O)c2cc(O)c(O)c(O)c2)C1OC(=O)c1cc(O)c(O)c(O)c1)c1cc(O)c(O)c(O)c1. The predicted molar refractivity (Wildman–Crippen MR) is 208 cm³/mol. The quantitative estimate of drug-likeness (QED) is 0.0654. The average molecular weight is 939 g/mol. The summed E-state index contributed by atoms with van der Waals surface area (Å²) in [6.45, 7) is -1.30. The Morgan fingerprint density at radius 2 is 0.821 bits per heavy atom. The first-order valence-corrected chi connectivity index (χ1v) is 18.5. The van der Waals surface area contributed by atoms with E-state index >= 15 is 0 Å². The highest BCUT2D eigenvalue weighted by molar-refractivity contribution is 6.04. The third-order valence-corrected chi connectivity index (χ3v) is 10.0. The molecule has 26 nitrogen and oxygen atoms in total. The number of benzene rings is 5. The molecule has 67 heavy (non-hydrogen) atoms. The Labute approximate surface area is 369 Å². The lowest BCUT2D eigenvalue weighted by Crippen LogP contribution is -2.63. The van der Waals surface area contributed by atoms with Gasteiger partial charge in [-0.2, -0.15) is 0 Å². The zero-order valence-electron chi connectivity index (χ0n) is 32.9. The summed E-state index contributed by atoms with van der Waals surface area (Å²) in [6, 6.07) is 4.19. The third kappa shape index (κ3) is 8.12. The zero-order valence-corrected chi connectivity index (χ0v) is 32.9. The number of ether oxygens (including phenoxy) is 6. The largest absolute Gasteiger partial charge is 0.504 e. The van der Waals surface area contributed by atoms with Crippen molar-refractivity contribution in [3.05, 3.63) is 76.3 Å². The smallest absolute Gasteiger partial charge is 0.344 e. The molecule has 2 heterocycles. The maximum absolute atomic E-state index is 14.1. The predicted octanol–water partition coefficient (Wildman–Crippen LogP) is 1.67. The van der Waals surface area contributed by atoms with Crippen LogP contribution in [-0.4, -0.2) is 144 Å². The number of phenolic OH excluding ortho intramolecular Hbond substituents is 15. The van der Waals surface area contributed by atoms with Crippen LogP contribution in [0.2, 0.25) is 0 Å². The molecule has 7 rings (SSSR count). The first-order chi connectivity index (χ1) is 31.5. The van der Waals surface area contributed by atoms with Crippen LogP contribution in [0.5, 0.6) is 86.2 Å². The minimum absolute atomic E-state index is 0.473. The van der Waals surface area contributed by atoms with Gasteiger partial charge in [-0.1, -0.05) is 0 Å². The number of aromatic hydroxyl groups is 15. The Morgan fingerprint density at radius 1 is 0.418 bits per heavy atom. The van der Waals surface area contributed by atoms with E-state index in [-0.39, 0.29) is 0 Å². The zero-order chi connectivity index (χ0) is 49.1. The van der Waals surface area contributed by atoms with Crippen LogP contribution in [0.3, 0.4) is 0 Å². The van der Waals surface area contributed by atoms with Crippen LogP contribution in [0, 0.1) is 0 Å². The van der Waals surface area contributed by atoms with Crippen LogP contribution >= 0.6 is 0 Å². The highest BCUT2D eigenvalue weighted by Crippen LogP contribution is 2.52. The van der Waals surface area contributed by atoms with Crippen molar-refractivity contribution in [3.63, 3.8) is 0 Å². The van der Waals surface area contributed by atoms with Crippen molar-refractivity contribution in [2.24, 2.45) is 0 Å². The van der Waals surface area contributed by atoms with Crippen molar-refractivity contribution >= 4 is 29.8 Å². The Balaban J connectivity index is 1.45. The lowest BCUT2D eigenvalue weighted by Gasteiger charge is -2.43. The van der Waals surface area contributed by atoms with E-state index in [2.05, 4.69) is 0 Å². The molecule has 5 atom stereocenters. The van der Waals surface area contributed by atoms with Crippen molar-refractivity contribution < 1.29 is 129 Å². The van der Waals surface area contributed by atoms with E-state index in [0.717, 1.165) is 0 Å². The summed E-state index contributed by atoms with van der Waals surface area (Å²) in [5, 5.41) is 155. The first-order valence-electron chi connectivity index (χ1n) is 18.5. The number of hydrogen-bond acceptors (Lipinski definition) is 26. The lowest BCUT2D eigenvalue weighted by atomic mass is 9.94. The number of cyclic esters (lactones) is 1. The van der Waals surface area contributed by atoms with Gasteiger partial charge in [0.25, 0.3) is 0 Å². The number of phenols is 15. The van der Waals surface area contributed by atoms with E-state index in [0.29, 0.717) is 48.5 Å². The van der Waals surface area contributed by atoms with Gasteiger partial charge < -0.3 is 105 Å². The Kier molecular flexibility index (Phi) is 11.4. The molecule has 0 amide bonds. The molecule has 350 valence electrons. The normalized spacial score (nSPS) is 19.0. The van der Waals surface area contributed by atoms with Crippen molar-refractivity contribution in [3.8, 4) is 97.4 Å². The number of hydrogen-bond donors (Lipinski definition) is 15. The maximum atomic E-state index is 14.1. The van der Waals surface area contributed by atoms with Crippen LogP contribution < -0.4 is 0 Å². The summed E-state index contributed by atoms with van der Waals surface area (Å²) in [6.07, 6.45) is -12.3. The summed E-state index contributed by atoms with van der Waals surface area (Å²) >= 11 is 0. The van der Waals surface area contributed by atoms with Crippen LogP contribution in [0.15, 0.2) is 48.5 Å². The van der Waals surface area contributed by atoms with E-state index in [1.54, 1.807) is 0 Å². The van der Waals surface area contributed by atoms with Crippen molar-refractivity contribution in [1.29, 1.82) is 0 Å². The minimum Gasteiger partial charge on any atom is -0.504 e. The molecule has 5 aromatic carbocycles. The van der Waals surface area contributed by atoms with Crippen LogP contribution in [0.1, 0.15) is 51.8 Å². The second kappa shape index (κ2) is 16.8. The Bertz CT molecular complexity index is 2870. The number of carbonyl (C=O) groups is 5. The van der Waals surface area contributed by atoms with Crippen molar-refractivity contribution in [2.45, 2.75) is 30.7 Å². The van der Waals surface area contributed by atoms with Gasteiger partial charge in [-0.05, 0) is 48.5 Å². The molecule has 2 aliphatic heterocycles. The number of esters is 5. The van der Waals surface area contributed by atoms with Crippen LogP contribution in [0.4, 0.5) is 0 Å². The average Bonchev–Trinajstić information content (AvgIpc) is 3.28. The first kappa shape index (κ1) is 45.4. The van der Waals surface area contributed by atoms with Gasteiger partial charge in [-0.25, -0.2) is 24.0 Å². The molecule has 1 fully saturated rings. The van der Waals surface area contributed by atoms with Gasteiger partial charge in [0.1, 0.15) is 18.3 Å². The molecular formula is C41H30O26. The fourth-order valence-electron chi connectivity index (χ4n) is 6.73. The number of fused-ring (bicyclic) bond motifs is 6. The third-order valence-electron chi connectivity index (χ3n) is 10.0. The van der Waals surface area contributed by atoms with E-state index in [4.69, 9.17) is 28.4 Å². The summed E-state index contributed by atoms with van der Waals surface area (Å²) in [5.74, 6) is -26.8. The van der Waals surface area contributed by atoms with Gasteiger partial charge in [0.2, 0.25) is 23.9 Å². The van der Waals surface area contributed by atoms with Crippen LogP contribution in [0.25, 0.3) is 11.1 Å². The topological polar surface area (TPSA) is 444 Å². The molecule has 0 aromatic heterocycles. The molecule has 0 saturated carbocycles. The Morgan fingerprint density at radius 3 is 1.28 bits per heavy atom. The molecular weight excluding hydrogens is 908 g/mol. The van der Waals surface area contributed by atoms with Gasteiger partial charge in [0, 0.05) is 11.1 Å². The molecule has 15 N–H and O–H groups in total. The van der Waals surface area contributed by atoms with Gasteiger partial charge in [0.05, 0.1) is 22.3 Å². The fraction of sp³-hybridized carbons (Fsp3) is 0.146. The fourth-order valence-corrected chi connectivity index (χ4v) is 6.73.